The fourth-order valence-corrected chi connectivity index (χ4v) is 3.51. The van der Waals surface area contributed by atoms with E-state index in [0.717, 1.165) is 14.0 Å². The molecule has 90 valence electrons. The summed E-state index contributed by atoms with van der Waals surface area (Å²) in [5.41, 5.74) is 0. The number of aromatic nitrogens is 2. The molecule has 0 spiro atoms. The Labute approximate surface area is 119 Å². The summed E-state index contributed by atoms with van der Waals surface area (Å²) in [5, 5.41) is 5.60. The number of halogens is 1. The molecule has 0 aliphatic rings. The first-order chi connectivity index (χ1) is 8.74. The zero-order valence-corrected chi connectivity index (χ0v) is 12.1. The maximum Gasteiger partial charge on any atom is 0.266 e. The minimum absolute atomic E-state index is 0.156. The van der Waals surface area contributed by atoms with Crippen LogP contribution in [0.3, 0.4) is 0 Å². The summed E-state index contributed by atoms with van der Waals surface area (Å²) in [6.45, 7) is 0. The third-order valence-corrected chi connectivity index (χ3v) is 4.73. The number of hydrogen-bond donors (Lipinski definition) is 1. The number of hydrogen-bond acceptors (Lipinski definition) is 5. The molecule has 3 rings (SSSR count). The van der Waals surface area contributed by atoms with E-state index < -0.39 is 0 Å². The van der Waals surface area contributed by atoms with Crippen LogP contribution in [0.25, 0.3) is 10.2 Å². The molecule has 0 radical (unpaired) electrons. The number of nitrogens with one attached hydrogen (secondary N) is 1. The second-order valence-corrected chi connectivity index (χ2v) is 6.78. The zero-order chi connectivity index (χ0) is 12.5. The van der Waals surface area contributed by atoms with E-state index in [1.54, 1.807) is 6.07 Å². The monoisotopic (exact) mass is 339 g/mol. The van der Waals surface area contributed by atoms with Gasteiger partial charge in [0.2, 0.25) is 0 Å². The van der Waals surface area contributed by atoms with Crippen LogP contribution in [0.5, 0.6) is 0 Å². The largest absolute Gasteiger partial charge is 0.305 e. The second-order valence-electron chi connectivity index (χ2n) is 3.42. The van der Waals surface area contributed by atoms with E-state index in [2.05, 4.69) is 31.2 Å². The van der Waals surface area contributed by atoms with Gasteiger partial charge in [0.15, 0.2) is 0 Å². The Morgan fingerprint density at radius 2 is 2.17 bits per heavy atom. The third kappa shape index (κ3) is 2.16. The summed E-state index contributed by atoms with van der Waals surface area (Å²) in [5.74, 6) is 0.396. The van der Waals surface area contributed by atoms with Crippen LogP contribution in [0, 0.1) is 0 Å². The average Bonchev–Trinajstić information content (AvgIpc) is 2.97. The van der Waals surface area contributed by atoms with E-state index in [9.17, 15) is 4.79 Å². The smallest absolute Gasteiger partial charge is 0.266 e. The lowest BCUT2D eigenvalue weighted by Crippen LogP contribution is -2.11. The maximum absolute atomic E-state index is 12.0. The molecule has 0 bridgehead atoms. The highest BCUT2D eigenvalue weighted by Crippen LogP contribution is 2.26. The SMILES string of the molecule is O=C(Nc1ncnc2sccc12)c1ccc(Br)s1. The molecule has 0 saturated carbocycles. The molecule has 0 aromatic carbocycles. The van der Waals surface area contributed by atoms with Crippen LogP contribution >= 0.6 is 38.6 Å². The number of thiophene rings is 2. The van der Waals surface area contributed by atoms with Gasteiger partial charge in [-0.1, -0.05) is 0 Å². The van der Waals surface area contributed by atoms with Gasteiger partial charge < -0.3 is 5.32 Å². The minimum atomic E-state index is -0.156. The molecule has 3 aromatic rings. The zero-order valence-electron chi connectivity index (χ0n) is 8.88. The Kier molecular flexibility index (Phi) is 3.11. The van der Waals surface area contributed by atoms with Crippen molar-refractivity contribution in [2.75, 3.05) is 5.32 Å². The molecule has 4 nitrogen and oxygen atoms in total. The molecule has 0 saturated heterocycles. The minimum Gasteiger partial charge on any atom is -0.305 e. The van der Waals surface area contributed by atoms with E-state index in [1.807, 2.05) is 17.5 Å². The molecule has 0 aliphatic carbocycles. The fraction of sp³-hybridized carbons (Fsp3) is 0. The van der Waals surface area contributed by atoms with Gasteiger partial charge in [-0.15, -0.1) is 22.7 Å². The highest BCUT2D eigenvalue weighted by Gasteiger charge is 2.12. The van der Waals surface area contributed by atoms with E-state index in [0.29, 0.717) is 10.7 Å². The van der Waals surface area contributed by atoms with Gasteiger partial charge in [-0.3, -0.25) is 4.79 Å². The Hall–Kier alpha value is -1.31. The lowest BCUT2D eigenvalue weighted by atomic mass is 10.3. The van der Waals surface area contributed by atoms with Gasteiger partial charge in [-0.2, -0.15) is 0 Å². The number of rotatable bonds is 2. The van der Waals surface area contributed by atoms with Crippen LogP contribution < -0.4 is 5.32 Å². The van der Waals surface area contributed by atoms with Crippen molar-refractivity contribution in [2.24, 2.45) is 0 Å². The summed E-state index contributed by atoms with van der Waals surface area (Å²) < 4.78 is 0.927. The first kappa shape index (κ1) is 11.8. The number of nitrogens with zero attached hydrogens (tertiary/aromatic N) is 2. The molecule has 3 aromatic heterocycles. The predicted octanol–water partition coefficient (Wildman–Crippen LogP) is 3.77. The van der Waals surface area contributed by atoms with Crippen molar-refractivity contribution in [1.29, 1.82) is 0 Å². The molecule has 1 amide bonds. The van der Waals surface area contributed by atoms with Crippen LogP contribution in [0.15, 0.2) is 33.7 Å². The van der Waals surface area contributed by atoms with Gasteiger partial charge >= 0.3 is 0 Å². The van der Waals surface area contributed by atoms with Crippen molar-refractivity contribution in [2.45, 2.75) is 0 Å². The normalized spacial score (nSPS) is 10.7. The summed E-state index contributed by atoms with van der Waals surface area (Å²) in [6.07, 6.45) is 1.46. The molecule has 3 heterocycles. The van der Waals surface area contributed by atoms with Crippen molar-refractivity contribution < 1.29 is 4.79 Å². The van der Waals surface area contributed by atoms with E-state index in [4.69, 9.17) is 0 Å². The summed E-state index contributed by atoms with van der Waals surface area (Å²) in [6, 6.07) is 5.52. The van der Waals surface area contributed by atoms with Crippen molar-refractivity contribution in [1.82, 2.24) is 9.97 Å². The van der Waals surface area contributed by atoms with Crippen molar-refractivity contribution >= 4 is 60.5 Å². The molecular formula is C11H6BrN3OS2. The Morgan fingerprint density at radius 1 is 1.28 bits per heavy atom. The highest BCUT2D eigenvalue weighted by molar-refractivity contribution is 9.11. The summed E-state index contributed by atoms with van der Waals surface area (Å²) in [4.78, 5) is 21.8. The number of carbonyl (C=O) groups excluding carboxylic acids is 1. The topological polar surface area (TPSA) is 54.9 Å². The van der Waals surface area contributed by atoms with Crippen LogP contribution in [0.2, 0.25) is 0 Å². The molecule has 0 atom stereocenters. The first-order valence-electron chi connectivity index (χ1n) is 4.99. The molecule has 0 unspecified atom stereocenters. The molecule has 1 N–H and O–H groups in total. The lowest BCUT2D eigenvalue weighted by molar-refractivity contribution is 0.103. The van der Waals surface area contributed by atoms with Crippen LogP contribution in [0.1, 0.15) is 9.67 Å². The number of carbonyl (C=O) groups is 1. The second kappa shape index (κ2) is 4.75. The molecule has 18 heavy (non-hydrogen) atoms. The molecular weight excluding hydrogens is 334 g/mol. The average molecular weight is 340 g/mol. The van der Waals surface area contributed by atoms with Crippen molar-refractivity contribution in [3.8, 4) is 0 Å². The standard InChI is InChI=1S/C11H6BrN3OS2/c12-8-2-1-7(18-8)10(16)15-9-6-3-4-17-11(6)14-5-13-9/h1-5H,(H,13,14,15,16). The first-order valence-corrected chi connectivity index (χ1v) is 7.48. The highest BCUT2D eigenvalue weighted by atomic mass is 79.9. The van der Waals surface area contributed by atoms with Gasteiger partial charge in [0.05, 0.1) is 14.0 Å². The Bertz CT molecular complexity index is 722. The van der Waals surface area contributed by atoms with Gasteiger partial charge in [0, 0.05) is 0 Å². The maximum atomic E-state index is 12.0. The Balaban J connectivity index is 1.92. The molecule has 0 aliphatic heterocycles. The fourth-order valence-electron chi connectivity index (χ4n) is 1.50. The van der Waals surface area contributed by atoms with Crippen LogP contribution in [-0.2, 0) is 0 Å². The lowest BCUT2D eigenvalue weighted by Gasteiger charge is -2.03. The molecule has 7 heteroatoms. The quantitative estimate of drug-likeness (QED) is 0.773. The van der Waals surface area contributed by atoms with Crippen LogP contribution in [0.4, 0.5) is 5.82 Å². The van der Waals surface area contributed by atoms with Crippen molar-refractivity contribution in [3.05, 3.63) is 38.6 Å². The third-order valence-electron chi connectivity index (χ3n) is 2.29. The van der Waals surface area contributed by atoms with Gasteiger partial charge in [0.25, 0.3) is 5.91 Å². The van der Waals surface area contributed by atoms with Gasteiger partial charge in [0.1, 0.15) is 17.0 Å². The number of anilines is 1. The van der Waals surface area contributed by atoms with Gasteiger partial charge in [-0.25, -0.2) is 9.97 Å². The Morgan fingerprint density at radius 3 is 2.94 bits per heavy atom. The number of fused-ring (bicyclic) bond motifs is 1. The predicted molar refractivity (Wildman–Crippen MR) is 77.4 cm³/mol. The van der Waals surface area contributed by atoms with Gasteiger partial charge in [-0.05, 0) is 39.5 Å². The summed E-state index contributed by atoms with van der Waals surface area (Å²) >= 11 is 6.24. The van der Waals surface area contributed by atoms with E-state index >= 15 is 0 Å². The van der Waals surface area contributed by atoms with E-state index in [1.165, 1.54) is 29.0 Å². The summed E-state index contributed by atoms with van der Waals surface area (Å²) in [7, 11) is 0. The molecule has 0 fully saturated rings. The van der Waals surface area contributed by atoms with E-state index in [-0.39, 0.29) is 5.91 Å². The van der Waals surface area contributed by atoms with Crippen molar-refractivity contribution in [3.63, 3.8) is 0 Å². The number of amides is 1. The van der Waals surface area contributed by atoms with Crippen LogP contribution in [-0.4, -0.2) is 15.9 Å².